The molecule has 0 aliphatic heterocycles. The summed E-state index contributed by atoms with van der Waals surface area (Å²) in [7, 11) is 0. The number of aromatic nitrogens is 2. The third-order valence-electron chi connectivity index (χ3n) is 4.51. The van der Waals surface area contributed by atoms with Gasteiger partial charge in [-0.15, -0.1) is 0 Å². The molecule has 1 N–H and O–H groups in total. The molecule has 2 amide bonds. The Balaban J connectivity index is 1.89. The molecule has 0 aliphatic rings. The van der Waals surface area contributed by atoms with Crippen molar-refractivity contribution < 1.29 is 9.59 Å². The quantitative estimate of drug-likeness (QED) is 0.604. The second-order valence-corrected chi connectivity index (χ2v) is 6.91. The molecule has 6 heteroatoms. The van der Waals surface area contributed by atoms with E-state index in [1.165, 1.54) is 6.20 Å². The molecule has 6 nitrogen and oxygen atoms in total. The Labute approximate surface area is 167 Å². The van der Waals surface area contributed by atoms with Crippen LogP contribution in [0.2, 0.25) is 0 Å². The van der Waals surface area contributed by atoms with E-state index in [0.29, 0.717) is 25.3 Å². The summed E-state index contributed by atoms with van der Waals surface area (Å²) in [6.45, 7) is 5.48. The zero-order valence-corrected chi connectivity index (χ0v) is 16.9. The summed E-state index contributed by atoms with van der Waals surface area (Å²) in [6.07, 6.45) is 7.64. The SMILES string of the molecule is CCCCCCN(CCC(=O)NCc1ccccc1)C(=O)c1cnc(C)cn1. The van der Waals surface area contributed by atoms with Crippen molar-refractivity contribution >= 4 is 11.8 Å². The Morgan fingerprint density at radius 2 is 1.79 bits per heavy atom. The lowest BCUT2D eigenvalue weighted by atomic mass is 10.2. The van der Waals surface area contributed by atoms with Crippen molar-refractivity contribution in [2.75, 3.05) is 13.1 Å². The third-order valence-corrected chi connectivity index (χ3v) is 4.51. The van der Waals surface area contributed by atoms with Gasteiger partial charge < -0.3 is 10.2 Å². The first kappa shape index (κ1) is 21.5. The van der Waals surface area contributed by atoms with Crippen molar-refractivity contribution in [1.82, 2.24) is 20.2 Å². The topological polar surface area (TPSA) is 75.2 Å². The molecule has 1 aromatic carbocycles. The van der Waals surface area contributed by atoms with Crippen molar-refractivity contribution in [3.63, 3.8) is 0 Å². The van der Waals surface area contributed by atoms with E-state index < -0.39 is 0 Å². The van der Waals surface area contributed by atoms with Gasteiger partial charge in [0, 0.05) is 32.3 Å². The average Bonchev–Trinajstić information content (AvgIpc) is 2.72. The fraction of sp³-hybridized carbons (Fsp3) is 0.455. The number of aryl methyl sites for hydroxylation is 1. The Kier molecular flexibility index (Phi) is 9.11. The molecule has 150 valence electrons. The number of carbonyl (C=O) groups is 2. The van der Waals surface area contributed by atoms with Gasteiger partial charge in [-0.3, -0.25) is 14.6 Å². The lowest BCUT2D eigenvalue weighted by molar-refractivity contribution is -0.121. The van der Waals surface area contributed by atoms with Gasteiger partial charge in [0.1, 0.15) is 5.69 Å². The number of nitrogens with one attached hydrogen (secondary N) is 1. The van der Waals surface area contributed by atoms with Crippen molar-refractivity contribution in [3.05, 3.63) is 59.7 Å². The predicted octanol–water partition coefficient (Wildman–Crippen LogP) is 3.51. The maximum atomic E-state index is 12.8. The fourth-order valence-electron chi connectivity index (χ4n) is 2.83. The van der Waals surface area contributed by atoms with Gasteiger partial charge in [0.15, 0.2) is 0 Å². The van der Waals surface area contributed by atoms with Crippen LogP contribution in [0.15, 0.2) is 42.7 Å². The lowest BCUT2D eigenvalue weighted by Crippen LogP contribution is -2.36. The van der Waals surface area contributed by atoms with Gasteiger partial charge in [-0.2, -0.15) is 0 Å². The van der Waals surface area contributed by atoms with Crippen molar-refractivity contribution in [2.45, 2.75) is 52.5 Å². The van der Waals surface area contributed by atoms with Crippen molar-refractivity contribution in [3.8, 4) is 0 Å². The first-order valence-electron chi connectivity index (χ1n) is 9.98. The van der Waals surface area contributed by atoms with Gasteiger partial charge in [-0.1, -0.05) is 56.5 Å². The highest BCUT2D eigenvalue weighted by Gasteiger charge is 2.18. The molecule has 0 atom stereocenters. The van der Waals surface area contributed by atoms with E-state index in [0.717, 1.165) is 36.9 Å². The van der Waals surface area contributed by atoms with Crippen LogP contribution in [0.25, 0.3) is 0 Å². The molecular weight excluding hydrogens is 352 g/mol. The number of carbonyl (C=O) groups excluding carboxylic acids is 2. The molecule has 2 aromatic rings. The monoisotopic (exact) mass is 382 g/mol. The highest BCUT2D eigenvalue weighted by Crippen LogP contribution is 2.07. The number of rotatable bonds is 11. The molecule has 0 bridgehead atoms. The van der Waals surface area contributed by atoms with E-state index in [1.807, 2.05) is 37.3 Å². The van der Waals surface area contributed by atoms with Crippen molar-refractivity contribution in [2.24, 2.45) is 0 Å². The molecule has 0 saturated carbocycles. The van der Waals surface area contributed by atoms with Crippen LogP contribution < -0.4 is 5.32 Å². The summed E-state index contributed by atoms with van der Waals surface area (Å²) >= 11 is 0. The first-order chi connectivity index (χ1) is 13.6. The summed E-state index contributed by atoms with van der Waals surface area (Å²) in [5, 5.41) is 2.91. The van der Waals surface area contributed by atoms with Crippen LogP contribution in [-0.4, -0.2) is 39.8 Å². The fourth-order valence-corrected chi connectivity index (χ4v) is 2.83. The molecule has 2 rings (SSSR count). The summed E-state index contributed by atoms with van der Waals surface area (Å²) in [4.78, 5) is 35.1. The van der Waals surface area contributed by atoms with E-state index in [1.54, 1.807) is 11.1 Å². The smallest absolute Gasteiger partial charge is 0.274 e. The molecule has 0 aliphatic carbocycles. The summed E-state index contributed by atoms with van der Waals surface area (Å²) < 4.78 is 0. The van der Waals surface area contributed by atoms with Crippen LogP contribution >= 0.6 is 0 Å². The molecule has 0 fully saturated rings. The Bertz CT molecular complexity index is 732. The molecule has 0 unspecified atom stereocenters. The maximum Gasteiger partial charge on any atom is 0.274 e. The number of benzene rings is 1. The van der Waals surface area contributed by atoms with Crippen LogP contribution in [-0.2, 0) is 11.3 Å². The zero-order chi connectivity index (χ0) is 20.2. The number of unbranched alkanes of at least 4 members (excludes halogenated alkanes) is 3. The van der Waals surface area contributed by atoms with Crippen LogP contribution in [0, 0.1) is 6.92 Å². The van der Waals surface area contributed by atoms with E-state index in [9.17, 15) is 9.59 Å². The van der Waals surface area contributed by atoms with Gasteiger partial charge >= 0.3 is 0 Å². The van der Waals surface area contributed by atoms with Gasteiger partial charge in [-0.25, -0.2) is 4.98 Å². The Hall–Kier alpha value is -2.76. The van der Waals surface area contributed by atoms with Crippen LogP contribution in [0.5, 0.6) is 0 Å². The van der Waals surface area contributed by atoms with E-state index in [-0.39, 0.29) is 18.2 Å². The number of nitrogens with zero attached hydrogens (tertiary/aromatic N) is 3. The number of hydrogen-bond donors (Lipinski definition) is 1. The van der Waals surface area contributed by atoms with E-state index in [4.69, 9.17) is 0 Å². The average molecular weight is 383 g/mol. The number of amides is 2. The molecule has 0 radical (unpaired) electrons. The molecule has 1 aromatic heterocycles. The standard InChI is InChI=1S/C22H30N4O2/c1-3-4-5-9-13-26(22(28)20-17-23-18(2)15-24-20)14-12-21(27)25-16-19-10-7-6-8-11-19/h6-8,10-11,15,17H,3-5,9,12-14,16H2,1-2H3,(H,25,27). The largest absolute Gasteiger partial charge is 0.352 e. The first-order valence-corrected chi connectivity index (χ1v) is 9.98. The third kappa shape index (κ3) is 7.47. The predicted molar refractivity (Wildman–Crippen MR) is 110 cm³/mol. The van der Waals surface area contributed by atoms with E-state index in [2.05, 4.69) is 22.2 Å². The van der Waals surface area contributed by atoms with Gasteiger partial charge in [0.2, 0.25) is 5.91 Å². The van der Waals surface area contributed by atoms with Crippen LogP contribution in [0.4, 0.5) is 0 Å². The second-order valence-electron chi connectivity index (χ2n) is 6.91. The molecule has 0 spiro atoms. The minimum Gasteiger partial charge on any atom is -0.352 e. The van der Waals surface area contributed by atoms with Gasteiger partial charge in [0.05, 0.1) is 11.9 Å². The van der Waals surface area contributed by atoms with Gasteiger partial charge in [0.25, 0.3) is 5.91 Å². The zero-order valence-electron chi connectivity index (χ0n) is 16.9. The number of hydrogen-bond acceptors (Lipinski definition) is 4. The van der Waals surface area contributed by atoms with Crippen LogP contribution in [0.3, 0.4) is 0 Å². The maximum absolute atomic E-state index is 12.8. The highest BCUT2D eigenvalue weighted by atomic mass is 16.2. The minimum absolute atomic E-state index is 0.0646. The molecule has 1 heterocycles. The second kappa shape index (κ2) is 11.8. The lowest BCUT2D eigenvalue weighted by Gasteiger charge is -2.22. The highest BCUT2D eigenvalue weighted by molar-refractivity contribution is 5.92. The Morgan fingerprint density at radius 1 is 1.00 bits per heavy atom. The van der Waals surface area contributed by atoms with Gasteiger partial charge in [-0.05, 0) is 18.9 Å². The minimum atomic E-state index is -0.167. The summed E-state index contributed by atoms with van der Waals surface area (Å²) in [5.41, 5.74) is 2.15. The molecule has 0 saturated heterocycles. The Morgan fingerprint density at radius 3 is 2.46 bits per heavy atom. The normalized spacial score (nSPS) is 10.5. The summed E-state index contributed by atoms with van der Waals surface area (Å²) in [5.74, 6) is -0.231. The molecular formula is C22H30N4O2. The summed E-state index contributed by atoms with van der Waals surface area (Å²) in [6, 6.07) is 9.78. The van der Waals surface area contributed by atoms with Crippen molar-refractivity contribution in [1.29, 1.82) is 0 Å². The molecule has 28 heavy (non-hydrogen) atoms. The van der Waals surface area contributed by atoms with Crippen LogP contribution in [0.1, 0.15) is 60.8 Å². The van der Waals surface area contributed by atoms with E-state index >= 15 is 0 Å².